The van der Waals surface area contributed by atoms with Crippen LogP contribution in [-0.4, -0.2) is 30.3 Å². The quantitative estimate of drug-likeness (QED) is 0.689. The number of carboxylic acids is 1. The van der Waals surface area contributed by atoms with Crippen LogP contribution in [0.3, 0.4) is 0 Å². The summed E-state index contributed by atoms with van der Waals surface area (Å²) in [5.41, 5.74) is 3.43. The molecule has 3 aromatic rings. The third-order valence-electron chi connectivity index (χ3n) is 3.91. The van der Waals surface area contributed by atoms with E-state index in [0.29, 0.717) is 16.4 Å². The van der Waals surface area contributed by atoms with E-state index in [1.807, 2.05) is 37.4 Å². The summed E-state index contributed by atoms with van der Waals surface area (Å²) >= 11 is 2.80. The fraction of sp³-hybridized carbons (Fsp3) is 0.222. The summed E-state index contributed by atoms with van der Waals surface area (Å²) in [5, 5.41) is 12.1. The van der Waals surface area contributed by atoms with Crippen molar-refractivity contribution in [1.29, 1.82) is 0 Å². The van der Waals surface area contributed by atoms with Gasteiger partial charge in [-0.15, -0.1) is 22.7 Å². The first-order chi connectivity index (χ1) is 12.0. The molecule has 0 fully saturated rings. The molecule has 0 aliphatic heterocycles. The van der Waals surface area contributed by atoms with Gasteiger partial charge in [0.25, 0.3) is 0 Å². The number of ether oxygens (including phenoxy) is 2. The topological polar surface area (TPSA) is 68.7 Å². The molecule has 0 saturated heterocycles. The summed E-state index contributed by atoms with van der Waals surface area (Å²) in [6, 6.07) is 5.65. The standard InChI is InChI=1S/C18H17NO4S2/c1-9-15(10(2)25-16(9)18(20)21)17-19-12(8-24-17)11-5-6-13(22-3)14(7-11)23-4/h5-8H,1-4H3,(H,20,21). The highest BCUT2D eigenvalue weighted by Crippen LogP contribution is 2.39. The Morgan fingerprint density at radius 3 is 2.48 bits per heavy atom. The number of aryl methyl sites for hydroxylation is 1. The molecule has 1 aromatic carbocycles. The Labute approximate surface area is 153 Å². The highest BCUT2D eigenvalue weighted by atomic mass is 32.1. The molecule has 7 heteroatoms. The molecule has 25 heavy (non-hydrogen) atoms. The maximum absolute atomic E-state index is 11.3. The van der Waals surface area contributed by atoms with Crippen molar-refractivity contribution < 1.29 is 19.4 Å². The Hall–Kier alpha value is -2.38. The van der Waals surface area contributed by atoms with Crippen LogP contribution in [0.1, 0.15) is 20.1 Å². The second-order valence-corrected chi connectivity index (χ2v) is 7.48. The van der Waals surface area contributed by atoms with Crippen molar-refractivity contribution in [2.75, 3.05) is 14.2 Å². The molecule has 3 rings (SSSR count). The van der Waals surface area contributed by atoms with Crippen LogP contribution in [0.15, 0.2) is 23.6 Å². The van der Waals surface area contributed by atoms with Crippen molar-refractivity contribution in [3.63, 3.8) is 0 Å². The van der Waals surface area contributed by atoms with E-state index in [4.69, 9.17) is 14.5 Å². The summed E-state index contributed by atoms with van der Waals surface area (Å²) in [5.74, 6) is 0.413. The molecule has 0 bridgehead atoms. The monoisotopic (exact) mass is 375 g/mol. The fourth-order valence-corrected chi connectivity index (χ4v) is 4.74. The molecule has 130 valence electrons. The Morgan fingerprint density at radius 2 is 1.88 bits per heavy atom. The molecular formula is C18H17NO4S2. The van der Waals surface area contributed by atoms with Gasteiger partial charge in [0.1, 0.15) is 9.88 Å². The van der Waals surface area contributed by atoms with E-state index in [0.717, 1.165) is 32.3 Å². The van der Waals surface area contributed by atoms with E-state index < -0.39 is 5.97 Å². The average molecular weight is 375 g/mol. The number of carboxylic acid groups (broad SMARTS) is 1. The van der Waals surface area contributed by atoms with E-state index in [1.54, 1.807) is 14.2 Å². The smallest absolute Gasteiger partial charge is 0.346 e. The van der Waals surface area contributed by atoms with E-state index in [9.17, 15) is 9.90 Å². The Kier molecular flexibility index (Phi) is 4.78. The number of thiophene rings is 1. The zero-order valence-electron chi connectivity index (χ0n) is 14.2. The molecule has 0 amide bonds. The number of aromatic carboxylic acids is 1. The van der Waals surface area contributed by atoms with Crippen LogP contribution in [0.2, 0.25) is 0 Å². The zero-order chi connectivity index (χ0) is 18.1. The van der Waals surface area contributed by atoms with Crippen molar-refractivity contribution in [2.45, 2.75) is 13.8 Å². The third-order valence-corrected chi connectivity index (χ3v) is 5.97. The first kappa shape index (κ1) is 17.4. The molecule has 2 aromatic heterocycles. The molecule has 0 aliphatic carbocycles. The largest absolute Gasteiger partial charge is 0.493 e. The van der Waals surface area contributed by atoms with E-state index >= 15 is 0 Å². The maximum atomic E-state index is 11.3. The first-order valence-corrected chi connectivity index (χ1v) is 9.17. The molecule has 0 radical (unpaired) electrons. The van der Waals surface area contributed by atoms with Gasteiger partial charge in [-0.1, -0.05) is 0 Å². The van der Waals surface area contributed by atoms with E-state index in [2.05, 4.69) is 0 Å². The van der Waals surface area contributed by atoms with Crippen molar-refractivity contribution in [3.8, 4) is 33.3 Å². The number of aromatic nitrogens is 1. The van der Waals surface area contributed by atoms with Crippen molar-refractivity contribution >= 4 is 28.6 Å². The van der Waals surface area contributed by atoms with Crippen LogP contribution in [0.4, 0.5) is 0 Å². The molecule has 0 unspecified atom stereocenters. The molecule has 1 N–H and O–H groups in total. The van der Waals surface area contributed by atoms with Gasteiger partial charge in [0.05, 0.1) is 19.9 Å². The second-order valence-electron chi connectivity index (χ2n) is 5.40. The van der Waals surface area contributed by atoms with Crippen molar-refractivity contribution in [1.82, 2.24) is 4.98 Å². The predicted molar refractivity (Wildman–Crippen MR) is 100 cm³/mol. The molecule has 2 heterocycles. The predicted octanol–water partition coefficient (Wildman–Crippen LogP) is 4.87. The highest BCUT2D eigenvalue weighted by molar-refractivity contribution is 7.16. The zero-order valence-corrected chi connectivity index (χ0v) is 15.9. The number of carbonyl (C=O) groups is 1. The minimum atomic E-state index is -0.895. The Morgan fingerprint density at radius 1 is 1.16 bits per heavy atom. The second kappa shape index (κ2) is 6.85. The lowest BCUT2D eigenvalue weighted by atomic mass is 10.1. The van der Waals surface area contributed by atoms with Gasteiger partial charge < -0.3 is 14.6 Å². The average Bonchev–Trinajstić information content (AvgIpc) is 3.18. The summed E-state index contributed by atoms with van der Waals surface area (Å²) < 4.78 is 10.6. The summed E-state index contributed by atoms with van der Waals surface area (Å²) in [6.45, 7) is 3.76. The van der Waals surface area contributed by atoms with Crippen LogP contribution in [-0.2, 0) is 0 Å². The first-order valence-electron chi connectivity index (χ1n) is 7.47. The van der Waals surface area contributed by atoms with Crippen LogP contribution in [0, 0.1) is 13.8 Å². The van der Waals surface area contributed by atoms with Crippen LogP contribution in [0.25, 0.3) is 21.8 Å². The van der Waals surface area contributed by atoms with Crippen LogP contribution < -0.4 is 9.47 Å². The van der Waals surface area contributed by atoms with E-state index in [1.165, 1.54) is 22.7 Å². The van der Waals surface area contributed by atoms with Gasteiger partial charge in [-0.05, 0) is 37.6 Å². The van der Waals surface area contributed by atoms with Gasteiger partial charge >= 0.3 is 5.97 Å². The number of nitrogens with zero attached hydrogens (tertiary/aromatic N) is 1. The van der Waals surface area contributed by atoms with Crippen molar-refractivity contribution in [3.05, 3.63) is 38.9 Å². The van der Waals surface area contributed by atoms with Crippen LogP contribution >= 0.6 is 22.7 Å². The Bertz CT molecular complexity index is 943. The SMILES string of the molecule is COc1ccc(-c2csc(-c3c(C)sc(C(=O)O)c3C)n2)cc1OC. The molecular weight excluding hydrogens is 358 g/mol. The van der Waals surface area contributed by atoms with Gasteiger partial charge in [-0.2, -0.15) is 0 Å². The lowest BCUT2D eigenvalue weighted by Crippen LogP contribution is -1.94. The van der Waals surface area contributed by atoms with Crippen molar-refractivity contribution in [2.24, 2.45) is 0 Å². The van der Waals surface area contributed by atoms with Gasteiger partial charge in [0.2, 0.25) is 0 Å². The molecule has 5 nitrogen and oxygen atoms in total. The van der Waals surface area contributed by atoms with Gasteiger partial charge in [0.15, 0.2) is 11.5 Å². The van der Waals surface area contributed by atoms with Gasteiger partial charge in [-0.25, -0.2) is 9.78 Å². The third kappa shape index (κ3) is 3.12. The minimum absolute atomic E-state index is 0.371. The summed E-state index contributed by atoms with van der Waals surface area (Å²) in [4.78, 5) is 17.4. The van der Waals surface area contributed by atoms with Crippen LogP contribution in [0.5, 0.6) is 11.5 Å². The number of hydrogen-bond acceptors (Lipinski definition) is 6. The Balaban J connectivity index is 2.03. The molecule has 0 atom stereocenters. The molecule has 0 aliphatic rings. The number of rotatable bonds is 5. The number of methoxy groups -OCH3 is 2. The molecule has 0 spiro atoms. The normalized spacial score (nSPS) is 10.7. The number of benzene rings is 1. The molecule has 0 saturated carbocycles. The van der Waals surface area contributed by atoms with E-state index in [-0.39, 0.29) is 0 Å². The summed E-state index contributed by atoms with van der Waals surface area (Å²) in [7, 11) is 3.19. The lowest BCUT2D eigenvalue weighted by molar-refractivity contribution is 0.0701. The highest BCUT2D eigenvalue weighted by Gasteiger charge is 2.21. The van der Waals surface area contributed by atoms with Gasteiger partial charge in [-0.3, -0.25) is 0 Å². The number of thiazole rings is 1. The summed E-state index contributed by atoms with van der Waals surface area (Å²) in [6.07, 6.45) is 0. The lowest BCUT2D eigenvalue weighted by Gasteiger charge is -2.08. The fourth-order valence-electron chi connectivity index (χ4n) is 2.69. The number of hydrogen-bond donors (Lipinski definition) is 1. The minimum Gasteiger partial charge on any atom is -0.493 e. The van der Waals surface area contributed by atoms with Gasteiger partial charge in [0, 0.05) is 21.4 Å². The maximum Gasteiger partial charge on any atom is 0.346 e.